The zero-order chi connectivity index (χ0) is 9.97. The molecule has 2 heterocycles. The molecule has 1 aromatic heterocycles. The highest BCUT2D eigenvalue weighted by Crippen LogP contribution is 2.09. The van der Waals surface area contributed by atoms with Crippen LogP contribution in [-0.2, 0) is 4.79 Å². The summed E-state index contributed by atoms with van der Waals surface area (Å²) in [6, 6.07) is 0.0728. The van der Waals surface area contributed by atoms with Crippen LogP contribution in [0.1, 0.15) is 6.42 Å². The number of halogens is 1. The summed E-state index contributed by atoms with van der Waals surface area (Å²) in [5, 5.41) is 6.25. The van der Waals surface area contributed by atoms with E-state index in [9.17, 15) is 4.79 Å². The number of hydrogen-bond donors (Lipinski definition) is 2. The lowest BCUT2D eigenvalue weighted by Gasteiger charge is -2.08. The van der Waals surface area contributed by atoms with E-state index in [1.807, 2.05) is 0 Å². The minimum absolute atomic E-state index is 0.0523. The molecular weight excluding hydrogens is 204 g/mol. The van der Waals surface area contributed by atoms with Crippen molar-refractivity contribution >= 4 is 23.5 Å². The number of hydrogen-bond acceptors (Lipinski definition) is 4. The number of nitrogens with one attached hydrogen (secondary N) is 2. The van der Waals surface area contributed by atoms with Gasteiger partial charge >= 0.3 is 0 Å². The lowest BCUT2D eigenvalue weighted by molar-refractivity contribution is -0.119. The van der Waals surface area contributed by atoms with E-state index in [0.717, 1.165) is 0 Å². The molecule has 0 saturated carbocycles. The Morgan fingerprint density at radius 3 is 2.79 bits per heavy atom. The Balaban J connectivity index is 1.97. The van der Waals surface area contributed by atoms with Crippen molar-refractivity contribution in [2.45, 2.75) is 12.5 Å². The van der Waals surface area contributed by atoms with Crippen LogP contribution in [0, 0.1) is 0 Å². The van der Waals surface area contributed by atoms with Crippen LogP contribution in [0.5, 0.6) is 0 Å². The zero-order valence-electron chi connectivity index (χ0n) is 7.33. The fraction of sp³-hybridized carbons (Fsp3) is 0.375. The maximum absolute atomic E-state index is 10.9. The summed E-state index contributed by atoms with van der Waals surface area (Å²) in [6.45, 7) is 0.616. The van der Waals surface area contributed by atoms with Gasteiger partial charge in [-0.3, -0.25) is 4.79 Å². The predicted molar refractivity (Wildman–Crippen MR) is 52.1 cm³/mol. The number of amides is 1. The molecule has 1 aromatic rings. The molecule has 0 aromatic carbocycles. The van der Waals surface area contributed by atoms with Crippen molar-refractivity contribution in [2.24, 2.45) is 0 Å². The summed E-state index contributed by atoms with van der Waals surface area (Å²) >= 11 is 5.63. The van der Waals surface area contributed by atoms with Crippen LogP contribution in [0.25, 0.3) is 0 Å². The van der Waals surface area contributed by atoms with Gasteiger partial charge in [-0.2, -0.15) is 0 Å². The molecule has 0 bridgehead atoms. The monoisotopic (exact) mass is 212 g/mol. The summed E-state index contributed by atoms with van der Waals surface area (Å²) in [7, 11) is 0. The van der Waals surface area contributed by atoms with Gasteiger partial charge in [-0.05, 0) is 0 Å². The van der Waals surface area contributed by atoms with Crippen molar-refractivity contribution in [1.82, 2.24) is 15.3 Å². The van der Waals surface area contributed by atoms with E-state index in [1.54, 1.807) is 0 Å². The van der Waals surface area contributed by atoms with Crippen LogP contribution in [0.3, 0.4) is 0 Å². The summed E-state index contributed by atoms with van der Waals surface area (Å²) in [4.78, 5) is 18.8. The van der Waals surface area contributed by atoms with Gasteiger partial charge in [0.25, 0.3) is 0 Å². The van der Waals surface area contributed by atoms with Gasteiger partial charge in [-0.25, -0.2) is 9.97 Å². The molecule has 1 aliphatic rings. The number of anilines is 1. The maximum atomic E-state index is 10.9. The smallest absolute Gasteiger partial charge is 0.222 e. The van der Waals surface area contributed by atoms with Gasteiger partial charge in [0.15, 0.2) is 0 Å². The van der Waals surface area contributed by atoms with Crippen molar-refractivity contribution in [3.05, 3.63) is 17.4 Å². The number of nitrogens with zero attached hydrogens (tertiary/aromatic N) is 2. The van der Waals surface area contributed by atoms with E-state index < -0.39 is 0 Å². The van der Waals surface area contributed by atoms with E-state index in [4.69, 9.17) is 11.6 Å². The Hall–Kier alpha value is -1.36. The Kier molecular flexibility index (Phi) is 2.49. The quantitative estimate of drug-likeness (QED) is 0.746. The third-order valence-electron chi connectivity index (χ3n) is 1.93. The Morgan fingerprint density at radius 2 is 2.21 bits per heavy atom. The van der Waals surface area contributed by atoms with E-state index in [1.165, 1.54) is 12.4 Å². The highest BCUT2D eigenvalue weighted by atomic mass is 35.5. The standard InChI is InChI=1S/C8H9ClN4O/c9-5-2-11-8(12-3-5)13-6-1-7(14)10-4-6/h2-3,6H,1,4H2,(H,10,14)(H,11,12,13). The van der Waals surface area contributed by atoms with Crippen molar-refractivity contribution in [3.63, 3.8) is 0 Å². The first kappa shape index (κ1) is 9.21. The van der Waals surface area contributed by atoms with Crippen LogP contribution in [0.2, 0.25) is 5.02 Å². The molecule has 0 radical (unpaired) electrons. The van der Waals surface area contributed by atoms with Gasteiger partial charge in [-0.1, -0.05) is 11.6 Å². The highest BCUT2D eigenvalue weighted by Gasteiger charge is 2.21. The number of rotatable bonds is 2. The van der Waals surface area contributed by atoms with Crippen LogP contribution < -0.4 is 10.6 Å². The van der Waals surface area contributed by atoms with Gasteiger partial charge in [-0.15, -0.1) is 0 Å². The third-order valence-corrected chi connectivity index (χ3v) is 2.13. The van der Waals surface area contributed by atoms with Crippen molar-refractivity contribution < 1.29 is 4.79 Å². The molecule has 1 amide bonds. The highest BCUT2D eigenvalue weighted by molar-refractivity contribution is 6.30. The SMILES string of the molecule is O=C1CC(Nc2ncc(Cl)cn2)CN1. The Labute approximate surface area is 85.9 Å². The van der Waals surface area contributed by atoms with E-state index in [0.29, 0.717) is 23.9 Å². The summed E-state index contributed by atoms with van der Waals surface area (Å²) in [6.07, 6.45) is 3.49. The van der Waals surface area contributed by atoms with E-state index in [-0.39, 0.29) is 11.9 Å². The molecule has 6 heteroatoms. The molecule has 1 fully saturated rings. The van der Waals surface area contributed by atoms with Crippen molar-refractivity contribution in [1.29, 1.82) is 0 Å². The topological polar surface area (TPSA) is 66.9 Å². The minimum Gasteiger partial charge on any atom is -0.354 e. The lowest BCUT2D eigenvalue weighted by atomic mass is 10.3. The fourth-order valence-corrected chi connectivity index (χ4v) is 1.37. The second kappa shape index (κ2) is 3.79. The number of carbonyl (C=O) groups is 1. The van der Waals surface area contributed by atoms with Crippen LogP contribution >= 0.6 is 11.6 Å². The van der Waals surface area contributed by atoms with E-state index >= 15 is 0 Å². The second-order valence-electron chi connectivity index (χ2n) is 3.07. The first-order valence-corrected chi connectivity index (χ1v) is 4.62. The minimum atomic E-state index is 0.0523. The molecule has 1 aliphatic heterocycles. The molecule has 0 spiro atoms. The van der Waals surface area contributed by atoms with Gasteiger partial charge in [0.2, 0.25) is 11.9 Å². The van der Waals surface area contributed by atoms with Crippen LogP contribution in [-0.4, -0.2) is 28.5 Å². The molecule has 1 saturated heterocycles. The molecule has 0 aliphatic carbocycles. The molecule has 5 nitrogen and oxygen atoms in total. The molecule has 14 heavy (non-hydrogen) atoms. The predicted octanol–water partition coefficient (Wildman–Crippen LogP) is 0.430. The maximum Gasteiger partial charge on any atom is 0.222 e. The molecule has 2 N–H and O–H groups in total. The first-order chi connectivity index (χ1) is 6.74. The number of carbonyl (C=O) groups excluding carboxylic acids is 1. The lowest BCUT2D eigenvalue weighted by Crippen LogP contribution is -2.23. The summed E-state index contributed by atoms with van der Waals surface area (Å²) in [5.74, 6) is 0.548. The van der Waals surface area contributed by atoms with Crippen LogP contribution in [0.4, 0.5) is 5.95 Å². The van der Waals surface area contributed by atoms with Crippen LogP contribution in [0.15, 0.2) is 12.4 Å². The van der Waals surface area contributed by atoms with Gasteiger partial charge in [0, 0.05) is 13.0 Å². The average Bonchev–Trinajstić information content (AvgIpc) is 2.56. The molecule has 2 rings (SSSR count). The van der Waals surface area contributed by atoms with Gasteiger partial charge in [0.1, 0.15) is 0 Å². The van der Waals surface area contributed by atoms with Gasteiger partial charge in [0.05, 0.1) is 23.5 Å². The van der Waals surface area contributed by atoms with Crippen molar-refractivity contribution in [2.75, 3.05) is 11.9 Å². The van der Waals surface area contributed by atoms with Gasteiger partial charge < -0.3 is 10.6 Å². The molecular formula is C8H9ClN4O. The zero-order valence-corrected chi connectivity index (χ0v) is 8.08. The normalized spacial score (nSPS) is 20.6. The summed E-state index contributed by atoms with van der Waals surface area (Å²) < 4.78 is 0. The molecule has 1 unspecified atom stereocenters. The Morgan fingerprint density at radius 1 is 1.50 bits per heavy atom. The largest absolute Gasteiger partial charge is 0.354 e. The molecule has 1 atom stereocenters. The Bertz CT molecular complexity index is 340. The van der Waals surface area contributed by atoms with E-state index in [2.05, 4.69) is 20.6 Å². The summed E-state index contributed by atoms with van der Waals surface area (Å²) in [5.41, 5.74) is 0. The fourth-order valence-electron chi connectivity index (χ4n) is 1.28. The third kappa shape index (κ3) is 2.11. The molecule has 74 valence electrons. The van der Waals surface area contributed by atoms with Crippen molar-refractivity contribution in [3.8, 4) is 0 Å². The first-order valence-electron chi connectivity index (χ1n) is 4.25. The second-order valence-corrected chi connectivity index (χ2v) is 3.51. The number of aromatic nitrogens is 2. The average molecular weight is 213 g/mol.